The van der Waals surface area contributed by atoms with Crippen molar-refractivity contribution in [1.29, 1.82) is 0 Å². The van der Waals surface area contributed by atoms with Gasteiger partial charge in [-0.05, 0) is 0 Å². The molecule has 9 heteroatoms. The Morgan fingerprint density at radius 3 is 2.47 bits per heavy atom. The number of rotatable bonds is 3. The molecule has 1 aliphatic rings. The van der Waals surface area contributed by atoms with E-state index < -0.39 is 28.3 Å². The van der Waals surface area contributed by atoms with Crippen LogP contribution in [0, 0.1) is 0 Å². The number of hydrogen-bond donors (Lipinski definition) is 0. The number of alkyl halides is 3. The molecule has 0 aliphatic carbocycles. The zero-order valence-corrected chi connectivity index (χ0v) is 8.31. The van der Waals surface area contributed by atoms with E-state index in [9.17, 15) is 21.6 Å². The minimum absolute atomic E-state index is 0.0212. The van der Waals surface area contributed by atoms with Gasteiger partial charge in [-0.25, -0.2) is 0 Å². The van der Waals surface area contributed by atoms with Crippen molar-refractivity contribution in [2.45, 2.75) is 11.6 Å². The van der Waals surface area contributed by atoms with E-state index in [-0.39, 0.29) is 13.2 Å². The van der Waals surface area contributed by atoms with Crippen molar-refractivity contribution in [1.82, 2.24) is 0 Å². The highest BCUT2D eigenvalue weighted by Crippen LogP contribution is 2.24. The van der Waals surface area contributed by atoms with E-state index in [1.165, 1.54) is 0 Å². The highest BCUT2D eigenvalue weighted by Gasteiger charge is 2.47. The quantitative estimate of drug-likeness (QED) is 0.531. The van der Waals surface area contributed by atoms with E-state index in [0.717, 1.165) is 0 Å². The monoisotopic (exact) mass is 250 g/mol. The molecule has 1 rings (SSSR count). The molecule has 0 unspecified atom stereocenters. The third-order valence-corrected chi connectivity index (χ3v) is 2.59. The van der Waals surface area contributed by atoms with Gasteiger partial charge >= 0.3 is 15.6 Å². The van der Waals surface area contributed by atoms with E-state index in [4.69, 9.17) is 9.47 Å². The first-order chi connectivity index (χ1) is 6.83. The molecule has 0 N–H and O–H groups in total. The number of hydrogen-bond acceptors (Lipinski definition) is 5. The summed E-state index contributed by atoms with van der Waals surface area (Å²) in [6.45, 7) is -0.127. The maximum atomic E-state index is 11.8. The van der Waals surface area contributed by atoms with Crippen molar-refractivity contribution in [3.05, 3.63) is 0 Å². The SMILES string of the molecule is O=S(=O)(OC[C@@H]1COCCO1)C(F)(F)F. The standard InChI is InChI=1S/C6H9F3O5S/c7-6(8,9)15(10,11)14-4-5-3-12-1-2-13-5/h5H,1-4H2/t5-/m0/s1. The maximum Gasteiger partial charge on any atom is 0.523 e. The summed E-state index contributed by atoms with van der Waals surface area (Å²) in [7, 11) is -5.53. The Kier molecular flexibility index (Phi) is 3.93. The molecule has 1 atom stereocenters. The van der Waals surface area contributed by atoms with Crippen molar-refractivity contribution in [2.24, 2.45) is 0 Å². The van der Waals surface area contributed by atoms with Crippen LogP contribution in [0.5, 0.6) is 0 Å². The van der Waals surface area contributed by atoms with Gasteiger partial charge in [-0.2, -0.15) is 21.6 Å². The Balaban J connectivity index is 2.42. The molecule has 90 valence electrons. The first-order valence-corrected chi connectivity index (χ1v) is 5.39. The fourth-order valence-corrected chi connectivity index (χ4v) is 1.33. The van der Waals surface area contributed by atoms with Gasteiger partial charge in [0.1, 0.15) is 6.10 Å². The van der Waals surface area contributed by atoms with Crippen molar-refractivity contribution >= 4 is 10.1 Å². The average Bonchev–Trinajstić information content (AvgIpc) is 2.15. The van der Waals surface area contributed by atoms with Gasteiger partial charge in [0.05, 0.1) is 26.4 Å². The minimum atomic E-state index is -5.53. The van der Waals surface area contributed by atoms with Crippen LogP contribution in [-0.2, 0) is 23.8 Å². The first-order valence-electron chi connectivity index (χ1n) is 3.98. The van der Waals surface area contributed by atoms with Crippen LogP contribution < -0.4 is 0 Å². The Bertz CT molecular complexity index is 292. The molecule has 1 saturated heterocycles. The molecule has 0 aromatic carbocycles. The lowest BCUT2D eigenvalue weighted by atomic mass is 10.4. The van der Waals surface area contributed by atoms with E-state index in [0.29, 0.717) is 6.61 Å². The molecule has 0 aromatic rings. The van der Waals surface area contributed by atoms with Crippen molar-refractivity contribution < 1.29 is 35.2 Å². The Hall–Kier alpha value is -0.380. The van der Waals surface area contributed by atoms with Crippen LogP contribution in [0.3, 0.4) is 0 Å². The second kappa shape index (κ2) is 4.64. The van der Waals surface area contributed by atoms with E-state index in [1.807, 2.05) is 0 Å². The fraction of sp³-hybridized carbons (Fsp3) is 1.00. The van der Waals surface area contributed by atoms with Gasteiger partial charge in [-0.3, -0.25) is 4.18 Å². The molecule has 1 aliphatic heterocycles. The van der Waals surface area contributed by atoms with Gasteiger partial charge in [-0.15, -0.1) is 0 Å². The molecule has 0 saturated carbocycles. The van der Waals surface area contributed by atoms with Gasteiger partial charge in [0, 0.05) is 0 Å². The van der Waals surface area contributed by atoms with E-state index >= 15 is 0 Å². The topological polar surface area (TPSA) is 61.8 Å². The molecular formula is C6H9F3O5S. The largest absolute Gasteiger partial charge is 0.523 e. The number of halogens is 3. The van der Waals surface area contributed by atoms with Gasteiger partial charge in [0.25, 0.3) is 0 Å². The highest BCUT2D eigenvalue weighted by atomic mass is 32.2. The Morgan fingerprint density at radius 2 is 2.00 bits per heavy atom. The highest BCUT2D eigenvalue weighted by molar-refractivity contribution is 7.87. The second-order valence-electron chi connectivity index (χ2n) is 2.75. The smallest absolute Gasteiger partial charge is 0.376 e. The predicted octanol–water partition coefficient (Wildman–Crippen LogP) is 0.268. The van der Waals surface area contributed by atoms with Crippen LogP contribution in [0.4, 0.5) is 13.2 Å². The Labute approximate surface area is 84.2 Å². The molecule has 0 spiro atoms. The zero-order chi connectivity index (χ0) is 11.5. The lowest BCUT2D eigenvalue weighted by Crippen LogP contribution is -2.35. The summed E-state index contributed by atoms with van der Waals surface area (Å²) < 4.78 is 69.8. The normalized spacial score (nSPS) is 24.1. The molecule has 15 heavy (non-hydrogen) atoms. The third-order valence-electron chi connectivity index (χ3n) is 1.58. The van der Waals surface area contributed by atoms with E-state index in [1.54, 1.807) is 0 Å². The van der Waals surface area contributed by atoms with Crippen molar-refractivity contribution in [2.75, 3.05) is 26.4 Å². The molecule has 0 bridgehead atoms. The van der Waals surface area contributed by atoms with Gasteiger partial charge in [-0.1, -0.05) is 0 Å². The lowest BCUT2D eigenvalue weighted by molar-refractivity contribution is -0.105. The summed E-state index contributed by atoms with van der Waals surface area (Å²) in [5.41, 5.74) is -5.40. The summed E-state index contributed by atoms with van der Waals surface area (Å²) in [5, 5.41) is 0. The molecular weight excluding hydrogens is 241 g/mol. The average molecular weight is 250 g/mol. The van der Waals surface area contributed by atoms with Gasteiger partial charge in [0.15, 0.2) is 0 Å². The van der Waals surface area contributed by atoms with Crippen molar-refractivity contribution in [3.8, 4) is 0 Å². The molecule has 1 heterocycles. The van der Waals surface area contributed by atoms with Crippen LogP contribution in [0.15, 0.2) is 0 Å². The lowest BCUT2D eigenvalue weighted by Gasteiger charge is -2.22. The summed E-state index contributed by atoms with van der Waals surface area (Å²) in [4.78, 5) is 0. The third kappa shape index (κ3) is 3.59. The second-order valence-corrected chi connectivity index (χ2v) is 4.36. The maximum absolute atomic E-state index is 11.8. The molecule has 0 aromatic heterocycles. The molecule has 0 amide bonds. The summed E-state index contributed by atoms with van der Waals surface area (Å²) in [6, 6.07) is 0. The van der Waals surface area contributed by atoms with Crippen LogP contribution in [0.25, 0.3) is 0 Å². The van der Waals surface area contributed by atoms with Crippen LogP contribution in [0.1, 0.15) is 0 Å². The minimum Gasteiger partial charge on any atom is -0.376 e. The van der Waals surface area contributed by atoms with Crippen LogP contribution in [0.2, 0.25) is 0 Å². The van der Waals surface area contributed by atoms with E-state index in [2.05, 4.69) is 4.18 Å². The predicted molar refractivity (Wildman–Crippen MR) is 41.5 cm³/mol. The fourth-order valence-electron chi connectivity index (χ4n) is 0.865. The zero-order valence-electron chi connectivity index (χ0n) is 7.49. The van der Waals surface area contributed by atoms with Gasteiger partial charge < -0.3 is 9.47 Å². The first kappa shape index (κ1) is 12.7. The summed E-state index contributed by atoms with van der Waals surface area (Å²) in [5.74, 6) is 0. The molecule has 1 fully saturated rings. The van der Waals surface area contributed by atoms with Crippen LogP contribution in [-0.4, -0.2) is 46.5 Å². The molecule has 0 radical (unpaired) electrons. The molecule has 5 nitrogen and oxygen atoms in total. The van der Waals surface area contributed by atoms with Gasteiger partial charge in [0.2, 0.25) is 0 Å². The Morgan fingerprint density at radius 1 is 1.33 bits per heavy atom. The number of ether oxygens (including phenoxy) is 2. The van der Waals surface area contributed by atoms with Crippen LogP contribution >= 0.6 is 0 Å². The summed E-state index contributed by atoms with van der Waals surface area (Å²) >= 11 is 0. The van der Waals surface area contributed by atoms with Crippen molar-refractivity contribution in [3.63, 3.8) is 0 Å². The summed E-state index contributed by atoms with van der Waals surface area (Å²) in [6.07, 6.45) is -0.782.